The molecule has 1 unspecified atom stereocenters. The number of hydrogen-bond donors (Lipinski definition) is 1. The predicted octanol–water partition coefficient (Wildman–Crippen LogP) is 5.15. The van der Waals surface area contributed by atoms with E-state index >= 15 is 0 Å². The van der Waals surface area contributed by atoms with E-state index in [0.717, 1.165) is 17.5 Å². The van der Waals surface area contributed by atoms with Crippen LogP contribution in [0.1, 0.15) is 71.9 Å². The Hall–Kier alpha value is -1.95. The highest BCUT2D eigenvalue weighted by Gasteiger charge is 2.32. The van der Waals surface area contributed by atoms with E-state index in [1.54, 1.807) is 33.8 Å². The number of amides is 1. The number of carbonyl (C=O) groups is 2. The van der Waals surface area contributed by atoms with Crippen molar-refractivity contribution in [3.63, 3.8) is 0 Å². The normalized spacial score (nSPS) is 17.0. The van der Waals surface area contributed by atoms with Crippen molar-refractivity contribution in [1.82, 2.24) is 5.32 Å². The van der Waals surface area contributed by atoms with Gasteiger partial charge in [0.25, 0.3) is 0 Å². The fourth-order valence-electron chi connectivity index (χ4n) is 3.33. The van der Waals surface area contributed by atoms with Gasteiger partial charge in [0.15, 0.2) is 0 Å². The van der Waals surface area contributed by atoms with Crippen LogP contribution < -0.4 is 5.32 Å². The first-order valence-electron chi connectivity index (χ1n) is 10.2. The largest absolute Gasteiger partial charge is 0.444 e. The van der Waals surface area contributed by atoms with Gasteiger partial charge in [-0.15, -0.1) is 0 Å². The summed E-state index contributed by atoms with van der Waals surface area (Å²) in [6, 6.07) is 4.79. The third-order valence-electron chi connectivity index (χ3n) is 5.05. The Morgan fingerprint density at radius 2 is 1.86 bits per heavy atom. The molecule has 1 aromatic carbocycles. The van der Waals surface area contributed by atoms with Crippen LogP contribution in [0.5, 0.6) is 0 Å². The van der Waals surface area contributed by atoms with Crippen molar-refractivity contribution in [2.75, 3.05) is 6.61 Å². The van der Waals surface area contributed by atoms with Crippen LogP contribution in [-0.2, 0) is 14.3 Å². The summed E-state index contributed by atoms with van der Waals surface area (Å²) in [4.78, 5) is 23.8. The third-order valence-corrected chi connectivity index (χ3v) is 5.05. The minimum absolute atomic E-state index is 0.00405. The topological polar surface area (TPSA) is 64.6 Å². The van der Waals surface area contributed by atoms with Crippen LogP contribution >= 0.6 is 0 Å². The van der Waals surface area contributed by atoms with Crippen molar-refractivity contribution >= 4 is 12.4 Å². The van der Waals surface area contributed by atoms with Gasteiger partial charge in [0, 0.05) is 5.92 Å². The Bertz CT molecular complexity index is 701. The number of alkyl carbamates (subject to hydrolysis) is 1. The molecule has 0 heterocycles. The summed E-state index contributed by atoms with van der Waals surface area (Å²) >= 11 is 0. The second-order valence-electron chi connectivity index (χ2n) is 9.09. The molecular weight excluding hydrogens is 373 g/mol. The van der Waals surface area contributed by atoms with Crippen LogP contribution in [0.4, 0.5) is 9.18 Å². The molecule has 0 radical (unpaired) electrons. The van der Waals surface area contributed by atoms with Gasteiger partial charge in [-0.2, -0.15) is 0 Å². The van der Waals surface area contributed by atoms with E-state index in [4.69, 9.17) is 9.47 Å². The zero-order valence-electron chi connectivity index (χ0n) is 19.0. The second kappa shape index (κ2) is 10.2. The predicted molar refractivity (Wildman–Crippen MR) is 113 cm³/mol. The highest BCUT2D eigenvalue weighted by Crippen LogP contribution is 2.34. The number of hydrogen-bond acceptors (Lipinski definition) is 4. The van der Waals surface area contributed by atoms with Gasteiger partial charge in [-0.05, 0) is 70.7 Å². The fraction of sp³-hybridized carbons (Fsp3) is 0.652. The molecule has 1 N–H and O–H groups in total. The molecule has 0 saturated carbocycles. The zero-order valence-corrected chi connectivity index (χ0v) is 19.0. The molecular formula is C23H36FNO4. The van der Waals surface area contributed by atoms with Gasteiger partial charge in [0.1, 0.15) is 23.2 Å². The molecule has 1 aromatic rings. The van der Waals surface area contributed by atoms with Crippen LogP contribution in [0.2, 0.25) is 0 Å². The molecule has 0 bridgehead atoms. The van der Waals surface area contributed by atoms with Crippen molar-refractivity contribution < 1.29 is 23.5 Å². The summed E-state index contributed by atoms with van der Waals surface area (Å²) in [6.07, 6.45) is 0.673. The number of carbonyl (C=O) groups excluding carboxylic acids is 2. The Kier molecular flexibility index (Phi) is 8.82. The molecule has 0 saturated heterocycles. The first-order chi connectivity index (χ1) is 13.3. The van der Waals surface area contributed by atoms with Crippen molar-refractivity contribution in [2.45, 2.75) is 85.0 Å². The van der Waals surface area contributed by atoms with Crippen LogP contribution in [0.25, 0.3) is 0 Å². The number of nitrogens with one attached hydrogen (secondary N) is 1. The standard InChI is InChI=1S/C23H36FNO4/c1-9-15(2)20(19-11-10-18(24)12-16(19)3)17(4)28-14-23(8,13-26)25-21(27)29-22(5,6)7/h10-13,15,17,20H,9,14H2,1-8H3,(H,25,27)/t15?,17-,20-,23+/m0/s1. The Labute approximate surface area is 174 Å². The summed E-state index contributed by atoms with van der Waals surface area (Å²) in [6.45, 7) is 14.9. The molecule has 0 spiro atoms. The highest BCUT2D eigenvalue weighted by molar-refractivity contribution is 5.76. The smallest absolute Gasteiger partial charge is 0.408 e. The number of rotatable bonds is 9. The number of aldehydes is 1. The van der Waals surface area contributed by atoms with Crippen molar-refractivity contribution in [2.24, 2.45) is 5.92 Å². The van der Waals surface area contributed by atoms with Gasteiger partial charge in [-0.3, -0.25) is 0 Å². The van der Waals surface area contributed by atoms with E-state index in [2.05, 4.69) is 19.2 Å². The monoisotopic (exact) mass is 409 g/mol. The molecule has 1 amide bonds. The number of ether oxygens (including phenoxy) is 2. The molecule has 0 fully saturated rings. The minimum atomic E-state index is -1.21. The first kappa shape index (κ1) is 25.1. The molecule has 164 valence electrons. The average Bonchev–Trinajstić information content (AvgIpc) is 2.60. The lowest BCUT2D eigenvalue weighted by molar-refractivity contribution is -0.116. The summed E-state index contributed by atoms with van der Waals surface area (Å²) in [5.41, 5.74) is 0.0232. The van der Waals surface area contributed by atoms with Crippen molar-refractivity contribution in [3.8, 4) is 0 Å². The molecule has 0 aliphatic heterocycles. The third kappa shape index (κ3) is 7.77. The lowest BCUT2D eigenvalue weighted by Crippen LogP contribution is -2.53. The Morgan fingerprint density at radius 3 is 2.34 bits per heavy atom. The number of halogens is 1. The molecule has 0 aromatic heterocycles. The van der Waals surface area contributed by atoms with Gasteiger partial charge >= 0.3 is 6.09 Å². The van der Waals surface area contributed by atoms with Crippen molar-refractivity contribution in [1.29, 1.82) is 0 Å². The van der Waals surface area contributed by atoms with E-state index in [0.29, 0.717) is 6.29 Å². The van der Waals surface area contributed by atoms with Gasteiger partial charge < -0.3 is 19.6 Å². The van der Waals surface area contributed by atoms with Crippen LogP contribution in [-0.4, -0.2) is 36.2 Å². The molecule has 1 rings (SSSR count). The summed E-state index contributed by atoms with van der Waals surface area (Å²) < 4.78 is 24.9. The van der Waals surface area contributed by atoms with Crippen LogP contribution in [0, 0.1) is 18.7 Å². The van der Waals surface area contributed by atoms with Gasteiger partial charge in [0.05, 0.1) is 12.7 Å². The van der Waals surface area contributed by atoms with Gasteiger partial charge in [-0.25, -0.2) is 9.18 Å². The molecule has 0 aliphatic rings. The van der Waals surface area contributed by atoms with Gasteiger partial charge in [-0.1, -0.05) is 26.3 Å². The summed E-state index contributed by atoms with van der Waals surface area (Å²) in [7, 11) is 0. The fourth-order valence-corrected chi connectivity index (χ4v) is 3.33. The Balaban J connectivity index is 2.94. The van der Waals surface area contributed by atoms with E-state index in [1.807, 2.05) is 13.8 Å². The van der Waals surface area contributed by atoms with Gasteiger partial charge in [0.2, 0.25) is 0 Å². The lowest BCUT2D eigenvalue weighted by atomic mass is 9.80. The highest BCUT2D eigenvalue weighted by atomic mass is 19.1. The molecule has 29 heavy (non-hydrogen) atoms. The minimum Gasteiger partial charge on any atom is -0.444 e. The van der Waals surface area contributed by atoms with E-state index < -0.39 is 17.2 Å². The SMILES string of the molecule is CCC(C)[C@H](c1ccc(F)cc1C)[C@H](C)OC[C@@](C)(C=O)NC(=O)OC(C)(C)C. The zero-order chi connectivity index (χ0) is 22.4. The average molecular weight is 410 g/mol. The molecule has 6 heteroatoms. The Morgan fingerprint density at radius 1 is 1.24 bits per heavy atom. The molecule has 0 aliphatic carbocycles. The summed E-state index contributed by atoms with van der Waals surface area (Å²) in [5, 5.41) is 2.59. The maximum atomic E-state index is 13.6. The van der Waals surface area contributed by atoms with E-state index in [-0.39, 0.29) is 30.4 Å². The van der Waals surface area contributed by atoms with Crippen molar-refractivity contribution in [3.05, 3.63) is 35.1 Å². The van der Waals surface area contributed by atoms with Crippen LogP contribution in [0.15, 0.2) is 18.2 Å². The quantitative estimate of drug-likeness (QED) is 0.573. The number of aryl methyl sites for hydroxylation is 1. The molecule has 5 nitrogen and oxygen atoms in total. The second-order valence-corrected chi connectivity index (χ2v) is 9.09. The lowest BCUT2D eigenvalue weighted by Gasteiger charge is -2.33. The van der Waals surface area contributed by atoms with E-state index in [9.17, 15) is 14.0 Å². The number of benzene rings is 1. The van der Waals surface area contributed by atoms with Crippen LogP contribution in [0.3, 0.4) is 0 Å². The first-order valence-corrected chi connectivity index (χ1v) is 10.2. The maximum absolute atomic E-state index is 13.6. The maximum Gasteiger partial charge on any atom is 0.408 e. The molecule has 4 atom stereocenters. The summed E-state index contributed by atoms with van der Waals surface area (Å²) in [5.74, 6) is 0.0475. The van der Waals surface area contributed by atoms with E-state index in [1.165, 1.54) is 12.1 Å².